The number of nitrogens with zero attached hydrogens (tertiary/aromatic N) is 4. The zero-order chi connectivity index (χ0) is 23.4. The Hall–Kier alpha value is -3.56. The Bertz CT molecular complexity index is 1020. The summed E-state index contributed by atoms with van der Waals surface area (Å²) in [5.74, 6) is 0.674. The highest BCUT2D eigenvalue weighted by Gasteiger charge is 2.29. The van der Waals surface area contributed by atoms with Gasteiger partial charge in [0.05, 0.1) is 6.54 Å². The van der Waals surface area contributed by atoms with Crippen LogP contribution in [0.2, 0.25) is 0 Å². The van der Waals surface area contributed by atoms with E-state index in [9.17, 15) is 14.5 Å². The average molecular weight is 453 g/mol. The fraction of sp³-hybridized carbons (Fsp3) is 0.478. The molecule has 0 radical (unpaired) electrons. The van der Waals surface area contributed by atoms with Gasteiger partial charge in [0.25, 0.3) is 5.91 Å². The number of nitrogen functional groups attached to an aromatic ring is 1. The average Bonchev–Trinajstić information content (AvgIpc) is 2.99. The molecule has 1 aromatic heterocycles. The predicted octanol–water partition coefficient (Wildman–Crippen LogP) is 2.99. The minimum Gasteiger partial charge on any atom is -0.475 e. The van der Waals surface area contributed by atoms with Gasteiger partial charge in [-0.15, -0.1) is 4.91 Å². The Kier molecular flexibility index (Phi) is 6.81. The van der Waals surface area contributed by atoms with Crippen molar-refractivity contribution in [3.63, 3.8) is 0 Å². The molecule has 1 atom stereocenters. The second-order valence-corrected chi connectivity index (χ2v) is 8.61. The number of fused-ring (bicyclic) bond motifs is 1. The number of hydrogen-bond acceptors (Lipinski definition) is 8. The van der Waals surface area contributed by atoms with Crippen molar-refractivity contribution in [2.24, 2.45) is 11.1 Å². The zero-order valence-corrected chi connectivity index (χ0v) is 18.6. The Labute approximate surface area is 191 Å². The quantitative estimate of drug-likeness (QED) is 0.642. The highest BCUT2D eigenvalue weighted by molar-refractivity contribution is 6.10. The number of carbonyl (C=O) groups excluding carboxylic acids is 2. The number of nitroso groups, excluding NO2 is 1. The number of rotatable bonds is 6. The summed E-state index contributed by atoms with van der Waals surface area (Å²) in [4.78, 5) is 45.1. The number of anilines is 2. The van der Waals surface area contributed by atoms with E-state index in [1.165, 1.54) is 11.9 Å². The maximum Gasteiger partial charge on any atom is 0.267 e. The van der Waals surface area contributed by atoms with Crippen LogP contribution in [0.4, 0.5) is 11.5 Å². The van der Waals surface area contributed by atoms with E-state index in [0.717, 1.165) is 31.4 Å². The Morgan fingerprint density at radius 1 is 1.24 bits per heavy atom. The van der Waals surface area contributed by atoms with Gasteiger partial charge >= 0.3 is 0 Å². The molecule has 0 spiro atoms. The Morgan fingerprint density at radius 2 is 1.97 bits per heavy atom. The smallest absolute Gasteiger partial charge is 0.267 e. The minimum atomic E-state index is -0.688. The summed E-state index contributed by atoms with van der Waals surface area (Å²) < 4.78 is 5.59. The van der Waals surface area contributed by atoms with Crippen LogP contribution in [0.5, 0.6) is 5.88 Å². The van der Waals surface area contributed by atoms with Gasteiger partial charge in [0.1, 0.15) is 24.3 Å². The Balaban J connectivity index is 1.37. The number of carbonyl (C=O) groups is 2. The molecule has 4 rings (SSSR count). The maximum absolute atomic E-state index is 13.1. The van der Waals surface area contributed by atoms with E-state index in [1.54, 1.807) is 11.8 Å². The van der Waals surface area contributed by atoms with Crippen LogP contribution in [-0.4, -0.2) is 41.1 Å². The topological polar surface area (TPSA) is 140 Å². The van der Waals surface area contributed by atoms with Crippen LogP contribution in [0.1, 0.15) is 60.9 Å². The SMILES string of the molecule is CC(N=O)NC(=O)CC1CCC(c2ccc(N3CCOc4ncnc(N)c4C3=O)cc2)CC1. The predicted molar refractivity (Wildman–Crippen MR) is 123 cm³/mol. The summed E-state index contributed by atoms with van der Waals surface area (Å²) in [7, 11) is 0. The lowest BCUT2D eigenvalue weighted by molar-refractivity contribution is -0.122. The highest BCUT2D eigenvalue weighted by Crippen LogP contribution is 2.38. The first-order valence-electron chi connectivity index (χ1n) is 11.2. The van der Waals surface area contributed by atoms with Crippen LogP contribution in [-0.2, 0) is 4.79 Å². The van der Waals surface area contributed by atoms with Gasteiger partial charge in [-0.25, -0.2) is 9.97 Å². The molecule has 0 saturated heterocycles. The van der Waals surface area contributed by atoms with Crippen LogP contribution in [0.25, 0.3) is 0 Å². The molecule has 2 aromatic rings. The molecule has 1 aliphatic heterocycles. The monoisotopic (exact) mass is 452 g/mol. The van der Waals surface area contributed by atoms with E-state index < -0.39 is 6.17 Å². The lowest BCUT2D eigenvalue weighted by Crippen LogP contribution is -2.33. The largest absolute Gasteiger partial charge is 0.475 e. The molecule has 10 nitrogen and oxygen atoms in total. The van der Waals surface area contributed by atoms with Gasteiger partial charge in [0, 0.05) is 12.1 Å². The van der Waals surface area contributed by atoms with Gasteiger partial charge in [-0.3, -0.25) is 9.59 Å². The fourth-order valence-corrected chi connectivity index (χ4v) is 4.62. The number of benzene rings is 1. The third kappa shape index (κ3) is 5.10. The van der Waals surface area contributed by atoms with Crippen molar-refractivity contribution in [2.45, 2.75) is 51.1 Å². The second kappa shape index (κ2) is 9.93. The molecule has 10 heteroatoms. The molecule has 3 N–H and O–H groups in total. The summed E-state index contributed by atoms with van der Waals surface area (Å²) in [6.07, 6.45) is 4.94. The molecule has 1 saturated carbocycles. The van der Waals surface area contributed by atoms with E-state index >= 15 is 0 Å². The van der Waals surface area contributed by atoms with E-state index in [1.807, 2.05) is 12.1 Å². The van der Waals surface area contributed by atoms with E-state index in [-0.39, 0.29) is 29.1 Å². The molecular weight excluding hydrogens is 424 g/mol. The zero-order valence-electron chi connectivity index (χ0n) is 18.6. The molecule has 1 aliphatic carbocycles. The molecule has 2 amide bonds. The second-order valence-electron chi connectivity index (χ2n) is 8.61. The Morgan fingerprint density at radius 3 is 2.67 bits per heavy atom. The van der Waals surface area contributed by atoms with E-state index in [4.69, 9.17) is 10.5 Å². The standard InChI is InChI=1S/C23H28N6O4/c1-14(28-32)27-19(30)12-15-2-4-16(5-3-15)17-6-8-18(9-7-17)29-10-11-33-22-20(23(29)31)21(24)25-13-26-22/h6-9,13-16H,2-5,10-12H2,1H3,(H,27,30)(H2,24,25,26). The van der Waals surface area contributed by atoms with Crippen LogP contribution >= 0.6 is 0 Å². The van der Waals surface area contributed by atoms with Gasteiger partial charge in [0.15, 0.2) is 6.17 Å². The van der Waals surface area contributed by atoms with Gasteiger partial charge in [-0.2, -0.15) is 0 Å². The molecule has 33 heavy (non-hydrogen) atoms. The summed E-state index contributed by atoms with van der Waals surface area (Å²) in [5, 5.41) is 5.41. The highest BCUT2D eigenvalue weighted by atomic mass is 16.5. The molecule has 0 bridgehead atoms. The minimum absolute atomic E-state index is 0.107. The van der Waals surface area contributed by atoms with Crippen molar-refractivity contribution in [1.29, 1.82) is 0 Å². The van der Waals surface area contributed by atoms with Crippen molar-refractivity contribution in [1.82, 2.24) is 15.3 Å². The van der Waals surface area contributed by atoms with Crippen molar-refractivity contribution in [3.05, 3.63) is 46.6 Å². The number of nitrogens with one attached hydrogen (secondary N) is 1. The first kappa shape index (κ1) is 22.6. The first-order valence-corrected chi connectivity index (χ1v) is 11.2. The van der Waals surface area contributed by atoms with Gasteiger partial charge < -0.3 is 20.7 Å². The number of nitrogens with two attached hydrogens (primary N) is 1. The van der Waals surface area contributed by atoms with Crippen molar-refractivity contribution in [2.75, 3.05) is 23.8 Å². The van der Waals surface area contributed by atoms with E-state index in [0.29, 0.717) is 31.4 Å². The third-order valence-corrected chi connectivity index (χ3v) is 6.38. The van der Waals surface area contributed by atoms with Crippen molar-refractivity contribution < 1.29 is 14.3 Å². The lowest BCUT2D eigenvalue weighted by atomic mass is 9.77. The number of amides is 2. The molecule has 1 fully saturated rings. The maximum atomic E-state index is 13.1. The van der Waals surface area contributed by atoms with Crippen molar-refractivity contribution >= 4 is 23.3 Å². The summed E-state index contributed by atoms with van der Waals surface area (Å²) in [6.45, 7) is 2.27. The molecule has 174 valence electrons. The van der Waals surface area contributed by atoms with Crippen LogP contribution < -0.4 is 20.7 Å². The fourth-order valence-electron chi connectivity index (χ4n) is 4.62. The van der Waals surface area contributed by atoms with Crippen LogP contribution in [0, 0.1) is 10.8 Å². The lowest BCUT2D eigenvalue weighted by Gasteiger charge is -2.29. The molecule has 1 unspecified atom stereocenters. The van der Waals surface area contributed by atoms with Crippen LogP contribution in [0.15, 0.2) is 35.8 Å². The summed E-state index contributed by atoms with van der Waals surface area (Å²) in [5.41, 5.74) is 8.10. The van der Waals surface area contributed by atoms with Crippen LogP contribution in [0.3, 0.4) is 0 Å². The normalized spacial score (nSPS) is 21.4. The van der Waals surface area contributed by atoms with Gasteiger partial charge in [-0.1, -0.05) is 12.1 Å². The molecule has 2 heterocycles. The van der Waals surface area contributed by atoms with E-state index in [2.05, 4.69) is 32.6 Å². The molecular formula is C23H28N6O4. The van der Waals surface area contributed by atoms with Gasteiger partial charge in [0.2, 0.25) is 11.8 Å². The summed E-state index contributed by atoms with van der Waals surface area (Å²) in [6, 6.07) is 8.03. The third-order valence-electron chi connectivity index (χ3n) is 6.38. The first-order chi connectivity index (χ1) is 16.0. The summed E-state index contributed by atoms with van der Waals surface area (Å²) >= 11 is 0. The van der Waals surface area contributed by atoms with Gasteiger partial charge in [-0.05, 0) is 67.3 Å². The number of ether oxygens (including phenoxy) is 1. The van der Waals surface area contributed by atoms with Crippen molar-refractivity contribution in [3.8, 4) is 5.88 Å². The molecule has 2 aliphatic rings. The number of aromatic nitrogens is 2. The number of hydrogen-bond donors (Lipinski definition) is 2. The molecule has 1 aromatic carbocycles.